The van der Waals surface area contributed by atoms with Gasteiger partial charge in [-0.05, 0) is 33.3 Å². The van der Waals surface area contributed by atoms with Gasteiger partial charge in [0.25, 0.3) is 0 Å². The van der Waals surface area contributed by atoms with Crippen LogP contribution < -0.4 is 10.6 Å². The van der Waals surface area contributed by atoms with Crippen LogP contribution >= 0.6 is 0 Å². The molecule has 0 aliphatic carbocycles. The molecule has 3 heteroatoms. The summed E-state index contributed by atoms with van der Waals surface area (Å²) < 4.78 is 0. The minimum absolute atomic E-state index is 0.0527. The second-order valence-corrected chi connectivity index (χ2v) is 4.49. The predicted octanol–water partition coefficient (Wildman–Crippen LogP) is 1.92. The van der Waals surface area contributed by atoms with Gasteiger partial charge in [-0.15, -0.1) is 0 Å². The van der Waals surface area contributed by atoms with E-state index < -0.39 is 0 Å². The fourth-order valence-electron chi connectivity index (χ4n) is 1.86. The molecule has 1 rings (SSSR count). The van der Waals surface area contributed by atoms with E-state index in [4.69, 9.17) is 0 Å². The molecule has 0 aliphatic heterocycles. The first-order chi connectivity index (χ1) is 8.02. The third-order valence-electron chi connectivity index (χ3n) is 2.64. The van der Waals surface area contributed by atoms with Crippen LogP contribution in [0.1, 0.15) is 30.5 Å². The second kappa shape index (κ2) is 6.40. The van der Waals surface area contributed by atoms with E-state index in [0.29, 0.717) is 6.54 Å². The largest absolute Gasteiger partial charge is 0.355 e. The van der Waals surface area contributed by atoms with E-state index in [0.717, 1.165) is 6.54 Å². The number of carbonyl (C=O) groups excluding carboxylic acids is 1. The van der Waals surface area contributed by atoms with Crippen LogP contribution in [0.15, 0.2) is 18.2 Å². The SMILES string of the molecule is CCNC(=O)C(C)NCc1cc(C)cc(C)c1. The van der Waals surface area contributed by atoms with Gasteiger partial charge in [0.1, 0.15) is 0 Å². The molecule has 2 N–H and O–H groups in total. The summed E-state index contributed by atoms with van der Waals surface area (Å²) in [5.41, 5.74) is 3.73. The summed E-state index contributed by atoms with van der Waals surface area (Å²) >= 11 is 0. The molecule has 0 heterocycles. The zero-order valence-electron chi connectivity index (χ0n) is 11.1. The monoisotopic (exact) mass is 234 g/mol. The molecule has 0 bridgehead atoms. The van der Waals surface area contributed by atoms with Gasteiger partial charge in [0.15, 0.2) is 0 Å². The van der Waals surface area contributed by atoms with Gasteiger partial charge in [0, 0.05) is 13.1 Å². The molecule has 0 aliphatic rings. The smallest absolute Gasteiger partial charge is 0.236 e. The fraction of sp³-hybridized carbons (Fsp3) is 0.500. The molecule has 0 saturated heterocycles. The number of amides is 1. The Balaban J connectivity index is 2.52. The van der Waals surface area contributed by atoms with Gasteiger partial charge in [0.05, 0.1) is 6.04 Å². The number of hydrogen-bond donors (Lipinski definition) is 2. The van der Waals surface area contributed by atoms with Crippen molar-refractivity contribution >= 4 is 5.91 Å². The topological polar surface area (TPSA) is 41.1 Å². The van der Waals surface area contributed by atoms with E-state index in [-0.39, 0.29) is 11.9 Å². The van der Waals surface area contributed by atoms with Gasteiger partial charge in [-0.25, -0.2) is 0 Å². The molecule has 1 aromatic carbocycles. The molecule has 94 valence electrons. The molecule has 0 saturated carbocycles. The minimum Gasteiger partial charge on any atom is -0.355 e. The molecular weight excluding hydrogens is 212 g/mol. The Labute approximate surface area is 104 Å². The van der Waals surface area contributed by atoms with Gasteiger partial charge in [-0.3, -0.25) is 4.79 Å². The Morgan fingerprint density at radius 2 is 1.82 bits per heavy atom. The Kier molecular flexibility index (Phi) is 5.16. The average Bonchev–Trinajstić information content (AvgIpc) is 2.25. The minimum atomic E-state index is -0.157. The number of aryl methyl sites for hydroxylation is 2. The fourth-order valence-corrected chi connectivity index (χ4v) is 1.86. The maximum atomic E-state index is 11.5. The normalized spacial score (nSPS) is 12.2. The molecule has 0 fully saturated rings. The number of carbonyl (C=O) groups is 1. The van der Waals surface area contributed by atoms with Crippen molar-refractivity contribution in [3.05, 3.63) is 34.9 Å². The molecule has 1 unspecified atom stereocenters. The molecule has 1 atom stereocenters. The van der Waals surface area contributed by atoms with Crippen molar-refractivity contribution in [2.24, 2.45) is 0 Å². The molecule has 1 amide bonds. The number of rotatable bonds is 5. The number of nitrogens with one attached hydrogen (secondary N) is 2. The molecule has 3 nitrogen and oxygen atoms in total. The van der Waals surface area contributed by atoms with Crippen molar-refractivity contribution in [3.8, 4) is 0 Å². The van der Waals surface area contributed by atoms with Crippen LogP contribution in [0.3, 0.4) is 0 Å². The van der Waals surface area contributed by atoms with Gasteiger partial charge < -0.3 is 10.6 Å². The highest BCUT2D eigenvalue weighted by atomic mass is 16.2. The third-order valence-corrected chi connectivity index (χ3v) is 2.64. The maximum Gasteiger partial charge on any atom is 0.236 e. The van der Waals surface area contributed by atoms with E-state index in [1.165, 1.54) is 16.7 Å². The molecule has 0 spiro atoms. The van der Waals surface area contributed by atoms with E-state index >= 15 is 0 Å². The molecule has 0 aromatic heterocycles. The highest BCUT2D eigenvalue weighted by Gasteiger charge is 2.10. The zero-order valence-corrected chi connectivity index (χ0v) is 11.1. The lowest BCUT2D eigenvalue weighted by molar-refractivity contribution is -0.122. The first-order valence-electron chi connectivity index (χ1n) is 6.11. The highest BCUT2D eigenvalue weighted by molar-refractivity contribution is 5.81. The maximum absolute atomic E-state index is 11.5. The summed E-state index contributed by atoms with van der Waals surface area (Å²) in [7, 11) is 0. The van der Waals surface area contributed by atoms with Crippen molar-refractivity contribution in [1.82, 2.24) is 10.6 Å². The highest BCUT2D eigenvalue weighted by Crippen LogP contribution is 2.08. The van der Waals surface area contributed by atoms with E-state index in [2.05, 4.69) is 42.7 Å². The Morgan fingerprint density at radius 3 is 2.35 bits per heavy atom. The Hall–Kier alpha value is -1.35. The van der Waals surface area contributed by atoms with E-state index in [1.54, 1.807) is 0 Å². The lowest BCUT2D eigenvalue weighted by Crippen LogP contribution is -2.41. The summed E-state index contributed by atoms with van der Waals surface area (Å²) in [5, 5.41) is 6.03. The summed E-state index contributed by atoms with van der Waals surface area (Å²) in [6.45, 7) is 9.38. The summed E-state index contributed by atoms with van der Waals surface area (Å²) in [6, 6.07) is 6.28. The third kappa shape index (κ3) is 4.57. The van der Waals surface area contributed by atoms with Gasteiger partial charge in [-0.1, -0.05) is 29.3 Å². The van der Waals surface area contributed by atoms with Gasteiger partial charge in [0.2, 0.25) is 5.91 Å². The standard InChI is InChI=1S/C14H22N2O/c1-5-15-14(17)12(4)16-9-13-7-10(2)6-11(3)8-13/h6-8,12,16H,5,9H2,1-4H3,(H,15,17). The Morgan fingerprint density at radius 1 is 1.24 bits per heavy atom. The predicted molar refractivity (Wildman–Crippen MR) is 70.9 cm³/mol. The molecule has 17 heavy (non-hydrogen) atoms. The van der Waals surface area contributed by atoms with E-state index in [1.807, 2.05) is 13.8 Å². The van der Waals surface area contributed by atoms with Crippen molar-refractivity contribution < 1.29 is 4.79 Å². The van der Waals surface area contributed by atoms with Gasteiger partial charge >= 0.3 is 0 Å². The van der Waals surface area contributed by atoms with Crippen molar-refractivity contribution in [2.75, 3.05) is 6.54 Å². The van der Waals surface area contributed by atoms with Crippen LogP contribution in [0.25, 0.3) is 0 Å². The van der Waals surface area contributed by atoms with Gasteiger partial charge in [-0.2, -0.15) is 0 Å². The van der Waals surface area contributed by atoms with Crippen LogP contribution in [0, 0.1) is 13.8 Å². The lowest BCUT2D eigenvalue weighted by Gasteiger charge is -2.13. The quantitative estimate of drug-likeness (QED) is 0.817. The Bertz CT molecular complexity index is 368. The van der Waals surface area contributed by atoms with Crippen LogP contribution in [-0.2, 0) is 11.3 Å². The summed E-state index contributed by atoms with van der Waals surface area (Å²) in [4.78, 5) is 11.5. The zero-order chi connectivity index (χ0) is 12.8. The van der Waals surface area contributed by atoms with Crippen LogP contribution in [-0.4, -0.2) is 18.5 Å². The van der Waals surface area contributed by atoms with Crippen LogP contribution in [0.5, 0.6) is 0 Å². The average molecular weight is 234 g/mol. The van der Waals surface area contributed by atoms with Crippen molar-refractivity contribution in [1.29, 1.82) is 0 Å². The summed E-state index contributed by atoms with van der Waals surface area (Å²) in [5.74, 6) is 0.0527. The summed E-state index contributed by atoms with van der Waals surface area (Å²) in [6.07, 6.45) is 0. The second-order valence-electron chi connectivity index (χ2n) is 4.49. The van der Waals surface area contributed by atoms with Crippen molar-refractivity contribution in [3.63, 3.8) is 0 Å². The first-order valence-corrected chi connectivity index (χ1v) is 6.11. The van der Waals surface area contributed by atoms with Crippen LogP contribution in [0.4, 0.5) is 0 Å². The van der Waals surface area contributed by atoms with E-state index in [9.17, 15) is 4.79 Å². The number of benzene rings is 1. The van der Waals surface area contributed by atoms with Crippen LogP contribution in [0.2, 0.25) is 0 Å². The van der Waals surface area contributed by atoms with Crippen molar-refractivity contribution in [2.45, 2.75) is 40.3 Å². The lowest BCUT2D eigenvalue weighted by atomic mass is 10.1. The number of hydrogen-bond acceptors (Lipinski definition) is 2. The molecular formula is C14H22N2O. The number of likely N-dealkylation sites (N-methyl/N-ethyl adjacent to an activating group) is 1. The molecule has 1 aromatic rings. The molecule has 0 radical (unpaired) electrons. The first kappa shape index (κ1) is 13.7.